The molecule has 0 heterocycles. The van der Waals surface area contributed by atoms with E-state index in [2.05, 4.69) is 5.32 Å². The van der Waals surface area contributed by atoms with Crippen molar-refractivity contribution >= 4 is 17.5 Å². The van der Waals surface area contributed by atoms with Crippen LogP contribution >= 0.6 is 0 Å². The third-order valence-corrected chi connectivity index (χ3v) is 3.74. The maximum Gasteiger partial charge on any atom is 0.240 e. The number of methoxy groups -OCH3 is 1. The Morgan fingerprint density at radius 2 is 1.92 bits per heavy atom. The highest BCUT2D eigenvalue weighted by Gasteiger charge is 2.19. The molecule has 0 fully saturated rings. The van der Waals surface area contributed by atoms with Crippen LogP contribution in [0.25, 0.3) is 0 Å². The van der Waals surface area contributed by atoms with Crippen LogP contribution in [0.1, 0.15) is 18.1 Å². The molecule has 0 saturated carbocycles. The molecule has 0 unspecified atom stereocenters. The maximum atomic E-state index is 13.6. The van der Waals surface area contributed by atoms with E-state index in [1.807, 2.05) is 13.0 Å². The van der Waals surface area contributed by atoms with Gasteiger partial charge in [0.25, 0.3) is 0 Å². The van der Waals surface area contributed by atoms with Gasteiger partial charge in [0, 0.05) is 19.0 Å². The van der Waals surface area contributed by atoms with Gasteiger partial charge in [0.1, 0.15) is 18.1 Å². The van der Waals surface area contributed by atoms with E-state index >= 15 is 0 Å². The lowest BCUT2D eigenvalue weighted by Crippen LogP contribution is -2.39. The van der Waals surface area contributed by atoms with E-state index in [-0.39, 0.29) is 30.7 Å². The zero-order chi connectivity index (χ0) is 18.4. The second-order valence-electron chi connectivity index (χ2n) is 5.65. The first-order chi connectivity index (χ1) is 11.9. The Kier molecular flexibility index (Phi) is 6.11. The molecule has 0 aromatic heterocycles. The Morgan fingerprint density at radius 3 is 2.56 bits per heavy atom. The Morgan fingerprint density at radius 1 is 1.20 bits per heavy atom. The van der Waals surface area contributed by atoms with Gasteiger partial charge in [0.15, 0.2) is 0 Å². The molecule has 2 aromatic rings. The first-order valence-corrected chi connectivity index (χ1v) is 7.85. The lowest BCUT2D eigenvalue weighted by molar-refractivity contribution is -0.123. The molecule has 0 aliphatic carbocycles. The number of carbonyl (C=O) groups is 2. The summed E-state index contributed by atoms with van der Waals surface area (Å²) < 4.78 is 18.9. The van der Waals surface area contributed by atoms with Gasteiger partial charge in [-0.25, -0.2) is 4.39 Å². The average molecular weight is 344 g/mol. The zero-order valence-electron chi connectivity index (χ0n) is 14.5. The van der Waals surface area contributed by atoms with Crippen molar-refractivity contribution in [1.82, 2.24) is 5.32 Å². The minimum absolute atomic E-state index is 0.0577. The van der Waals surface area contributed by atoms with E-state index in [9.17, 15) is 14.0 Å². The van der Waals surface area contributed by atoms with Crippen LogP contribution < -0.4 is 15.0 Å². The number of amides is 2. The van der Waals surface area contributed by atoms with Gasteiger partial charge in [0.2, 0.25) is 11.8 Å². The van der Waals surface area contributed by atoms with Crippen molar-refractivity contribution in [3.63, 3.8) is 0 Å². The summed E-state index contributed by atoms with van der Waals surface area (Å²) in [5.74, 6) is -0.554. The number of hydrogen-bond acceptors (Lipinski definition) is 3. The molecule has 25 heavy (non-hydrogen) atoms. The van der Waals surface area contributed by atoms with Gasteiger partial charge in [-0.15, -0.1) is 0 Å². The van der Waals surface area contributed by atoms with Crippen LogP contribution in [-0.2, 0) is 16.1 Å². The molecule has 0 saturated heterocycles. The highest BCUT2D eigenvalue weighted by Crippen LogP contribution is 2.29. The first kappa shape index (κ1) is 18.4. The predicted octanol–water partition coefficient (Wildman–Crippen LogP) is 2.81. The topological polar surface area (TPSA) is 58.6 Å². The number of rotatable bonds is 6. The van der Waals surface area contributed by atoms with E-state index < -0.39 is 0 Å². The largest absolute Gasteiger partial charge is 0.495 e. The van der Waals surface area contributed by atoms with Crippen molar-refractivity contribution in [3.8, 4) is 5.75 Å². The van der Waals surface area contributed by atoms with Gasteiger partial charge in [-0.05, 0) is 30.7 Å². The molecule has 0 atom stereocenters. The molecule has 2 amide bonds. The van der Waals surface area contributed by atoms with Crippen molar-refractivity contribution in [3.05, 3.63) is 59.4 Å². The van der Waals surface area contributed by atoms with Crippen LogP contribution in [0.15, 0.2) is 42.5 Å². The standard InChI is InChI=1S/C19H21FN2O3/c1-13-8-9-18(25-3)17(10-13)22(14(2)23)12-19(24)21-11-15-6-4-5-7-16(15)20/h4-10H,11-12H2,1-3H3,(H,21,24). The highest BCUT2D eigenvalue weighted by molar-refractivity contribution is 5.98. The minimum atomic E-state index is -0.387. The summed E-state index contributed by atoms with van der Waals surface area (Å²) in [5, 5.41) is 2.63. The summed E-state index contributed by atoms with van der Waals surface area (Å²) in [6.45, 7) is 3.15. The van der Waals surface area contributed by atoms with Gasteiger partial charge in [-0.2, -0.15) is 0 Å². The van der Waals surface area contributed by atoms with Gasteiger partial charge >= 0.3 is 0 Å². The van der Waals surface area contributed by atoms with Crippen molar-refractivity contribution < 1.29 is 18.7 Å². The molecule has 2 aromatic carbocycles. The number of aryl methyl sites for hydroxylation is 1. The summed E-state index contributed by atoms with van der Waals surface area (Å²) in [6, 6.07) is 11.6. The Labute approximate surface area is 146 Å². The Bertz CT molecular complexity index is 777. The molecule has 0 radical (unpaired) electrons. The Balaban J connectivity index is 2.11. The number of anilines is 1. The summed E-state index contributed by atoms with van der Waals surface area (Å²) in [5.41, 5.74) is 1.85. The van der Waals surface area contributed by atoms with Crippen LogP contribution in [0.3, 0.4) is 0 Å². The molecule has 0 bridgehead atoms. The van der Waals surface area contributed by atoms with Crippen LogP contribution in [0.2, 0.25) is 0 Å². The van der Waals surface area contributed by atoms with Crippen LogP contribution in [-0.4, -0.2) is 25.5 Å². The first-order valence-electron chi connectivity index (χ1n) is 7.85. The molecule has 132 valence electrons. The normalized spacial score (nSPS) is 10.2. The fourth-order valence-electron chi connectivity index (χ4n) is 2.41. The molecular weight excluding hydrogens is 323 g/mol. The molecule has 1 N–H and O–H groups in total. The number of nitrogens with zero attached hydrogens (tertiary/aromatic N) is 1. The van der Waals surface area contributed by atoms with Gasteiger partial charge in [-0.1, -0.05) is 24.3 Å². The number of hydrogen-bond donors (Lipinski definition) is 1. The van der Waals surface area contributed by atoms with Crippen molar-refractivity contribution in [2.45, 2.75) is 20.4 Å². The summed E-state index contributed by atoms with van der Waals surface area (Å²) in [6.07, 6.45) is 0. The summed E-state index contributed by atoms with van der Waals surface area (Å²) in [4.78, 5) is 25.6. The molecule has 6 heteroatoms. The van der Waals surface area contributed by atoms with Crippen LogP contribution in [0, 0.1) is 12.7 Å². The molecule has 0 aliphatic heterocycles. The number of nitrogens with one attached hydrogen (secondary N) is 1. The second-order valence-corrected chi connectivity index (χ2v) is 5.65. The lowest BCUT2D eigenvalue weighted by Gasteiger charge is -2.23. The van der Waals surface area contributed by atoms with E-state index in [4.69, 9.17) is 4.74 Å². The van der Waals surface area contributed by atoms with Crippen LogP contribution in [0.5, 0.6) is 5.75 Å². The molecule has 5 nitrogen and oxygen atoms in total. The molecular formula is C19H21FN2O3. The lowest BCUT2D eigenvalue weighted by atomic mass is 10.2. The quantitative estimate of drug-likeness (QED) is 0.877. The molecule has 0 aliphatic rings. The maximum absolute atomic E-state index is 13.6. The third-order valence-electron chi connectivity index (χ3n) is 3.74. The van der Waals surface area contributed by atoms with E-state index in [1.54, 1.807) is 30.3 Å². The number of carbonyl (C=O) groups excluding carboxylic acids is 2. The van der Waals surface area contributed by atoms with E-state index in [0.717, 1.165) is 5.56 Å². The average Bonchev–Trinajstić information content (AvgIpc) is 2.58. The highest BCUT2D eigenvalue weighted by atomic mass is 19.1. The minimum Gasteiger partial charge on any atom is -0.495 e. The molecule has 0 spiro atoms. The second kappa shape index (κ2) is 8.28. The SMILES string of the molecule is COc1ccc(C)cc1N(CC(=O)NCc1ccccc1F)C(C)=O. The van der Waals surface area contributed by atoms with Crippen molar-refractivity contribution in [1.29, 1.82) is 0 Å². The smallest absolute Gasteiger partial charge is 0.240 e. The fraction of sp³-hybridized carbons (Fsp3) is 0.263. The van der Waals surface area contributed by atoms with Crippen LogP contribution in [0.4, 0.5) is 10.1 Å². The molecule has 2 rings (SSSR count). The summed E-state index contributed by atoms with van der Waals surface area (Å²) >= 11 is 0. The zero-order valence-corrected chi connectivity index (χ0v) is 14.5. The number of ether oxygens (including phenoxy) is 1. The van der Waals surface area contributed by atoms with Crippen molar-refractivity contribution in [2.75, 3.05) is 18.6 Å². The number of benzene rings is 2. The number of halogens is 1. The Hall–Kier alpha value is -2.89. The third kappa shape index (κ3) is 4.79. The fourth-order valence-corrected chi connectivity index (χ4v) is 2.41. The van der Waals surface area contributed by atoms with Crippen molar-refractivity contribution in [2.24, 2.45) is 0 Å². The summed E-state index contributed by atoms with van der Waals surface area (Å²) in [7, 11) is 1.50. The monoisotopic (exact) mass is 344 g/mol. The predicted molar refractivity (Wildman–Crippen MR) is 94.0 cm³/mol. The van der Waals surface area contributed by atoms with E-state index in [1.165, 1.54) is 25.0 Å². The van der Waals surface area contributed by atoms with Gasteiger partial charge < -0.3 is 10.1 Å². The van der Waals surface area contributed by atoms with E-state index in [0.29, 0.717) is 17.0 Å². The van der Waals surface area contributed by atoms with Gasteiger partial charge in [-0.3, -0.25) is 14.5 Å². The van der Waals surface area contributed by atoms with Gasteiger partial charge in [0.05, 0.1) is 12.8 Å².